The molecule has 0 aliphatic carbocycles. The summed E-state index contributed by atoms with van der Waals surface area (Å²) in [4.78, 5) is 14.4. The Morgan fingerprint density at radius 3 is 2.68 bits per heavy atom. The molecule has 0 saturated carbocycles. The van der Waals surface area contributed by atoms with E-state index in [2.05, 4.69) is 0 Å². The number of aliphatic hydroxyl groups excluding tert-OH is 1. The number of aliphatic hydroxyl groups is 1. The van der Waals surface area contributed by atoms with Crippen LogP contribution < -0.4 is 4.90 Å². The number of benzene rings is 2. The SMILES string of the molecule is Cc1ccc(C(=O)N2CCC(O)c3cc(F)ccc32)cc1C. The highest BCUT2D eigenvalue weighted by molar-refractivity contribution is 6.07. The third-order valence-electron chi connectivity index (χ3n) is 4.26. The van der Waals surface area contributed by atoms with Gasteiger partial charge in [0.1, 0.15) is 5.82 Å². The molecule has 1 aliphatic rings. The van der Waals surface area contributed by atoms with Crippen molar-refractivity contribution in [1.82, 2.24) is 0 Å². The first kappa shape index (κ1) is 14.7. The average Bonchev–Trinajstić information content (AvgIpc) is 2.50. The molecule has 0 radical (unpaired) electrons. The standard InChI is InChI=1S/C18H18FNO2/c1-11-3-4-13(9-12(11)2)18(22)20-8-7-17(21)15-10-14(19)5-6-16(15)20/h3-6,9-10,17,21H,7-8H2,1-2H3. The fraction of sp³-hybridized carbons (Fsp3) is 0.278. The van der Waals surface area contributed by atoms with Crippen LogP contribution in [0.1, 0.15) is 39.6 Å². The van der Waals surface area contributed by atoms with Gasteiger partial charge < -0.3 is 10.0 Å². The summed E-state index contributed by atoms with van der Waals surface area (Å²) in [7, 11) is 0. The normalized spacial score (nSPS) is 17.3. The first-order valence-corrected chi connectivity index (χ1v) is 7.34. The summed E-state index contributed by atoms with van der Waals surface area (Å²) >= 11 is 0. The molecule has 4 heteroatoms. The van der Waals surface area contributed by atoms with Gasteiger partial charge in [0.25, 0.3) is 5.91 Å². The smallest absolute Gasteiger partial charge is 0.258 e. The number of rotatable bonds is 1. The molecule has 114 valence electrons. The number of carbonyl (C=O) groups is 1. The van der Waals surface area contributed by atoms with Crippen molar-refractivity contribution < 1.29 is 14.3 Å². The Morgan fingerprint density at radius 2 is 1.95 bits per heavy atom. The average molecular weight is 299 g/mol. The first-order chi connectivity index (χ1) is 10.5. The molecule has 1 atom stereocenters. The number of halogens is 1. The van der Waals surface area contributed by atoms with E-state index in [-0.39, 0.29) is 5.91 Å². The quantitative estimate of drug-likeness (QED) is 0.875. The van der Waals surface area contributed by atoms with Crippen LogP contribution in [0.3, 0.4) is 0 Å². The lowest BCUT2D eigenvalue weighted by Crippen LogP contribution is -2.36. The molecule has 1 amide bonds. The number of aryl methyl sites for hydroxylation is 2. The monoisotopic (exact) mass is 299 g/mol. The van der Waals surface area contributed by atoms with Gasteiger partial charge in [0.15, 0.2) is 0 Å². The van der Waals surface area contributed by atoms with E-state index in [1.807, 2.05) is 26.0 Å². The van der Waals surface area contributed by atoms with Crippen molar-refractivity contribution in [2.24, 2.45) is 0 Å². The van der Waals surface area contributed by atoms with E-state index in [9.17, 15) is 14.3 Å². The van der Waals surface area contributed by atoms with Crippen LogP contribution in [0.25, 0.3) is 0 Å². The summed E-state index contributed by atoms with van der Waals surface area (Å²) in [5.41, 5.74) is 3.86. The van der Waals surface area contributed by atoms with Gasteiger partial charge in [-0.3, -0.25) is 4.79 Å². The van der Waals surface area contributed by atoms with Crippen LogP contribution in [0.5, 0.6) is 0 Å². The second-order valence-corrected chi connectivity index (χ2v) is 5.76. The zero-order chi connectivity index (χ0) is 15.9. The van der Waals surface area contributed by atoms with E-state index in [1.54, 1.807) is 17.0 Å². The van der Waals surface area contributed by atoms with Gasteiger partial charge in [-0.1, -0.05) is 6.07 Å². The van der Waals surface area contributed by atoms with E-state index in [1.165, 1.54) is 12.1 Å². The second kappa shape index (κ2) is 5.54. The van der Waals surface area contributed by atoms with Gasteiger partial charge in [-0.2, -0.15) is 0 Å². The number of hydrogen-bond donors (Lipinski definition) is 1. The number of fused-ring (bicyclic) bond motifs is 1. The summed E-state index contributed by atoms with van der Waals surface area (Å²) in [5.74, 6) is -0.527. The molecular formula is C18H18FNO2. The Labute approximate surface area is 129 Å². The number of nitrogens with zero attached hydrogens (tertiary/aromatic N) is 1. The van der Waals surface area contributed by atoms with E-state index in [0.717, 1.165) is 11.1 Å². The van der Waals surface area contributed by atoms with Crippen molar-refractivity contribution in [1.29, 1.82) is 0 Å². The molecular weight excluding hydrogens is 281 g/mol. The third-order valence-corrected chi connectivity index (χ3v) is 4.26. The maximum absolute atomic E-state index is 13.4. The topological polar surface area (TPSA) is 40.5 Å². The van der Waals surface area contributed by atoms with Gasteiger partial charge in [0, 0.05) is 23.4 Å². The Hall–Kier alpha value is -2.20. The Kier molecular flexibility index (Phi) is 3.71. The Bertz CT molecular complexity index is 742. The lowest BCUT2D eigenvalue weighted by molar-refractivity contribution is 0.0970. The minimum Gasteiger partial charge on any atom is -0.388 e. The molecule has 0 aromatic heterocycles. The van der Waals surface area contributed by atoms with E-state index < -0.39 is 11.9 Å². The van der Waals surface area contributed by atoms with Crippen LogP contribution in [0.15, 0.2) is 36.4 Å². The summed E-state index contributed by atoms with van der Waals surface area (Å²) in [6.45, 7) is 4.39. The van der Waals surface area contributed by atoms with Crippen molar-refractivity contribution in [2.75, 3.05) is 11.4 Å². The largest absolute Gasteiger partial charge is 0.388 e. The summed E-state index contributed by atoms with van der Waals surface area (Å²) in [6, 6.07) is 9.78. The van der Waals surface area contributed by atoms with Gasteiger partial charge in [-0.05, 0) is 61.7 Å². The van der Waals surface area contributed by atoms with Crippen molar-refractivity contribution in [3.63, 3.8) is 0 Å². The van der Waals surface area contributed by atoms with Crippen LogP contribution in [0, 0.1) is 19.7 Å². The van der Waals surface area contributed by atoms with Crippen molar-refractivity contribution in [2.45, 2.75) is 26.4 Å². The van der Waals surface area contributed by atoms with Crippen molar-refractivity contribution in [3.8, 4) is 0 Å². The molecule has 1 aliphatic heterocycles. The summed E-state index contributed by atoms with van der Waals surface area (Å²) in [6.07, 6.45) is -0.318. The molecule has 3 nitrogen and oxygen atoms in total. The molecule has 0 fully saturated rings. The number of anilines is 1. The van der Waals surface area contributed by atoms with Gasteiger partial charge in [-0.15, -0.1) is 0 Å². The molecule has 2 aromatic carbocycles. The van der Waals surface area contributed by atoms with E-state index in [0.29, 0.717) is 29.8 Å². The molecule has 3 rings (SSSR count). The first-order valence-electron chi connectivity index (χ1n) is 7.34. The van der Waals surface area contributed by atoms with Gasteiger partial charge in [0.05, 0.1) is 6.10 Å². The lowest BCUT2D eigenvalue weighted by Gasteiger charge is -2.32. The van der Waals surface area contributed by atoms with E-state index in [4.69, 9.17) is 0 Å². The number of carbonyl (C=O) groups excluding carboxylic acids is 1. The summed E-state index contributed by atoms with van der Waals surface area (Å²) < 4.78 is 13.4. The van der Waals surface area contributed by atoms with Crippen LogP contribution in [-0.4, -0.2) is 17.6 Å². The fourth-order valence-corrected chi connectivity index (χ4v) is 2.81. The third kappa shape index (κ3) is 2.50. The van der Waals surface area contributed by atoms with Crippen LogP contribution in [0.2, 0.25) is 0 Å². The van der Waals surface area contributed by atoms with Crippen molar-refractivity contribution >= 4 is 11.6 Å². The molecule has 0 bridgehead atoms. The highest BCUT2D eigenvalue weighted by Gasteiger charge is 2.28. The fourth-order valence-electron chi connectivity index (χ4n) is 2.81. The molecule has 0 spiro atoms. The lowest BCUT2D eigenvalue weighted by atomic mass is 9.97. The van der Waals surface area contributed by atoms with Gasteiger partial charge in [0.2, 0.25) is 0 Å². The zero-order valence-corrected chi connectivity index (χ0v) is 12.6. The maximum Gasteiger partial charge on any atom is 0.258 e. The van der Waals surface area contributed by atoms with Crippen molar-refractivity contribution in [3.05, 3.63) is 64.5 Å². The molecule has 1 unspecified atom stereocenters. The zero-order valence-electron chi connectivity index (χ0n) is 12.6. The molecule has 22 heavy (non-hydrogen) atoms. The molecule has 0 saturated heterocycles. The highest BCUT2D eigenvalue weighted by atomic mass is 19.1. The van der Waals surface area contributed by atoms with Crippen LogP contribution >= 0.6 is 0 Å². The van der Waals surface area contributed by atoms with Gasteiger partial charge >= 0.3 is 0 Å². The summed E-state index contributed by atoms with van der Waals surface area (Å²) in [5, 5.41) is 10.0. The van der Waals surface area contributed by atoms with Gasteiger partial charge in [-0.25, -0.2) is 4.39 Å². The Morgan fingerprint density at radius 1 is 1.18 bits per heavy atom. The van der Waals surface area contributed by atoms with Crippen LogP contribution in [0.4, 0.5) is 10.1 Å². The predicted octanol–water partition coefficient (Wildman–Crippen LogP) is 3.53. The molecule has 1 N–H and O–H groups in total. The van der Waals surface area contributed by atoms with Crippen LogP contribution in [-0.2, 0) is 0 Å². The number of amides is 1. The van der Waals surface area contributed by atoms with E-state index >= 15 is 0 Å². The second-order valence-electron chi connectivity index (χ2n) is 5.76. The number of hydrogen-bond acceptors (Lipinski definition) is 2. The minimum absolute atomic E-state index is 0.122. The predicted molar refractivity (Wildman–Crippen MR) is 83.6 cm³/mol. The highest BCUT2D eigenvalue weighted by Crippen LogP contribution is 2.35. The maximum atomic E-state index is 13.4. The Balaban J connectivity index is 2.00. The molecule has 2 aromatic rings. The molecule has 1 heterocycles. The minimum atomic E-state index is -0.727.